The summed E-state index contributed by atoms with van der Waals surface area (Å²) in [7, 11) is 0. The highest BCUT2D eigenvalue weighted by Crippen LogP contribution is 2.13. The summed E-state index contributed by atoms with van der Waals surface area (Å²) in [5, 5.41) is 9.07. The van der Waals surface area contributed by atoms with E-state index in [1.54, 1.807) is 20.8 Å². The van der Waals surface area contributed by atoms with Gasteiger partial charge < -0.3 is 4.74 Å². The fourth-order valence-electron chi connectivity index (χ4n) is 1.63. The van der Waals surface area contributed by atoms with Crippen molar-refractivity contribution in [2.75, 3.05) is 6.54 Å². The summed E-state index contributed by atoms with van der Waals surface area (Å²) < 4.78 is 5.21. The van der Waals surface area contributed by atoms with Gasteiger partial charge in [-0.25, -0.2) is 4.79 Å². The Hall–Kier alpha value is -1.70. The van der Waals surface area contributed by atoms with Crippen LogP contribution in [0.25, 0.3) is 0 Å². The molecule has 0 aliphatic carbocycles. The molecule has 0 aliphatic rings. The number of hydrogen-bond donors (Lipinski definition) is 0. The van der Waals surface area contributed by atoms with Gasteiger partial charge in [-0.3, -0.25) is 4.99 Å². The number of carbonyl (C=O) groups is 1. The molecule has 0 rings (SSSR count). The summed E-state index contributed by atoms with van der Waals surface area (Å²) in [6, 6.07) is 2.06. The molecule has 0 N–H and O–H groups in total. The van der Waals surface area contributed by atoms with E-state index in [4.69, 9.17) is 10.00 Å². The van der Waals surface area contributed by atoms with Crippen molar-refractivity contribution >= 4 is 17.5 Å². The smallest absolute Gasteiger partial charge is 0.434 e. The first-order valence-corrected chi connectivity index (χ1v) is 7.44. The maximum atomic E-state index is 11.8. The van der Waals surface area contributed by atoms with Gasteiger partial charge in [0.1, 0.15) is 17.4 Å². The lowest BCUT2D eigenvalue weighted by Crippen LogP contribution is -2.23. The second-order valence-corrected chi connectivity index (χ2v) is 6.09. The van der Waals surface area contributed by atoms with E-state index in [2.05, 4.69) is 29.9 Å². The highest BCUT2D eigenvalue weighted by Gasteiger charge is 2.17. The third kappa shape index (κ3) is 9.78. The third-order valence-electron chi connectivity index (χ3n) is 2.77. The van der Waals surface area contributed by atoms with E-state index in [-0.39, 0.29) is 0 Å². The zero-order valence-corrected chi connectivity index (χ0v) is 14.1. The Balaban J connectivity index is 5.09. The molecule has 0 aliphatic heterocycles. The molecule has 0 fully saturated rings. The zero-order chi connectivity index (χ0) is 16.5. The number of rotatable bonds is 6. The summed E-state index contributed by atoms with van der Waals surface area (Å²) in [6.45, 7) is 12.0. The van der Waals surface area contributed by atoms with Crippen molar-refractivity contribution < 1.29 is 9.53 Å². The Morgan fingerprint density at radius 3 is 2.38 bits per heavy atom. The van der Waals surface area contributed by atoms with Crippen LogP contribution in [-0.2, 0) is 4.74 Å². The van der Waals surface area contributed by atoms with E-state index in [1.165, 1.54) is 0 Å². The van der Waals surface area contributed by atoms with Gasteiger partial charge >= 0.3 is 6.09 Å². The van der Waals surface area contributed by atoms with Crippen molar-refractivity contribution in [1.82, 2.24) is 0 Å². The molecular formula is C16H27N3O2. The summed E-state index contributed by atoms with van der Waals surface area (Å²) in [4.78, 5) is 20.0. The summed E-state index contributed by atoms with van der Waals surface area (Å²) in [5.74, 6) is 0.396. The number of ether oxygens (including phenoxy) is 1. The minimum atomic E-state index is -0.602. The summed E-state index contributed by atoms with van der Waals surface area (Å²) >= 11 is 0. The molecule has 0 radical (unpaired) electrons. The van der Waals surface area contributed by atoms with Crippen LogP contribution in [0.4, 0.5) is 4.79 Å². The molecule has 0 spiro atoms. The van der Waals surface area contributed by atoms with E-state index >= 15 is 0 Å². The predicted octanol–water partition coefficient (Wildman–Crippen LogP) is 4.17. The third-order valence-corrected chi connectivity index (χ3v) is 2.77. The first kappa shape index (κ1) is 19.3. The molecule has 1 amide bonds. The van der Waals surface area contributed by atoms with Gasteiger partial charge in [-0.05, 0) is 40.0 Å². The van der Waals surface area contributed by atoms with Crippen molar-refractivity contribution in [1.29, 1.82) is 5.26 Å². The molecule has 5 nitrogen and oxygen atoms in total. The molecular weight excluding hydrogens is 266 g/mol. The van der Waals surface area contributed by atoms with Crippen molar-refractivity contribution in [3.05, 3.63) is 0 Å². The van der Waals surface area contributed by atoms with Gasteiger partial charge in [-0.15, -0.1) is 0 Å². The average molecular weight is 293 g/mol. The van der Waals surface area contributed by atoms with Crippen LogP contribution in [0.3, 0.4) is 0 Å². The molecule has 0 aromatic rings. The van der Waals surface area contributed by atoms with Crippen molar-refractivity contribution in [3.63, 3.8) is 0 Å². The van der Waals surface area contributed by atoms with E-state index in [9.17, 15) is 4.79 Å². The molecule has 5 heteroatoms. The maximum absolute atomic E-state index is 11.8. The Labute approximate surface area is 128 Å². The van der Waals surface area contributed by atoms with E-state index in [0.29, 0.717) is 36.7 Å². The molecule has 1 unspecified atom stereocenters. The molecule has 0 aromatic carbocycles. The van der Waals surface area contributed by atoms with Crippen LogP contribution in [0.1, 0.15) is 60.8 Å². The van der Waals surface area contributed by atoms with E-state index in [0.717, 1.165) is 6.42 Å². The van der Waals surface area contributed by atoms with Gasteiger partial charge in [0, 0.05) is 18.7 Å². The first-order chi connectivity index (χ1) is 9.71. The van der Waals surface area contributed by atoms with Gasteiger partial charge in [-0.2, -0.15) is 10.3 Å². The predicted molar refractivity (Wildman–Crippen MR) is 85.9 cm³/mol. The maximum Gasteiger partial charge on any atom is 0.434 e. The molecule has 1 atom stereocenters. The highest BCUT2D eigenvalue weighted by molar-refractivity contribution is 6.13. The number of amides is 1. The van der Waals surface area contributed by atoms with Crippen LogP contribution in [0, 0.1) is 17.2 Å². The van der Waals surface area contributed by atoms with Crippen LogP contribution in [0.5, 0.6) is 0 Å². The van der Waals surface area contributed by atoms with Gasteiger partial charge in [0.25, 0.3) is 0 Å². The molecule has 0 aromatic heterocycles. The minimum Gasteiger partial charge on any atom is -0.442 e. The Kier molecular flexibility index (Phi) is 8.52. The van der Waals surface area contributed by atoms with Gasteiger partial charge in [0.2, 0.25) is 0 Å². The molecule has 0 bridgehead atoms. The SMILES string of the molecule is CCN=C(C#N)CC(CC(C)CC)=NC(=O)OC(C)(C)C. The lowest BCUT2D eigenvalue weighted by atomic mass is 9.98. The summed E-state index contributed by atoms with van der Waals surface area (Å²) in [6.07, 6.45) is 1.36. The number of aliphatic imine (C=N–C) groups is 2. The minimum absolute atomic E-state index is 0.313. The molecule has 21 heavy (non-hydrogen) atoms. The van der Waals surface area contributed by atoms with Crippen LogP contribution in [0.2, 0.25) is 0 Å². The van der Waals surface area contributed by atoms with Crippen molar-refractivity contribution in [2.45, 2.75) is 66.4 Å². The normalized spacial score (nSPS) is 14.5. The Morgan fingerprint density at radius 2 is 1.95 bits per heavy atom. The monoisotopic (exact) mass is 293 g/mol. The van der Waals surface area contributed by atoms with E-state index < -0.39 is 11.7 Å². The largest absolute Gasteiger partial charge is 0.442 e. The fraction of sp³-hybridized carbons (Fsp3) is 0.750. The van der Waals surface area contributed by atoms with Crippen LogP contribution in [-0.4, -0.2) is 29.7 Å². The topological polar surface area (TPSA) is 74.8 Å². The quantitative estimate of drug-likeness (QED) is 0.689. The second-order valence-electron chi connectivity index (χ2n) is 6.09. The second kappa shape index (κ2) is 9.28. The van der Waals surface area contributed by atoms with E-state index in [1.807, 2.05) is 6.92 Å². The molecule has 0 saturated heterocycles. The van der Waals surface area contributed by atoms with Gasteiger partial charge in [-0.1, -0.05) is 20.3 Å². The zero-order valence-electron chi connectivity index (χ0n) is 14.1. The van der Waals surface area contributed by atoms with Crippen molar-refractivity contribution in [3.8, 4) is 6.07 Å². The van der Waals surface area contributed by atoms with Crippen LogP contribution < -0.4 is 0 Å². The number of nitrogens with zero attached hydrogens (tertiary/aromatic N) is 3. The fourth-order valence-corrected chi connectivity index (χ4v) is 1.63. The Morgan fingerprint density at radius 1 is 1.33 bits per heavy atom. The van der Waals surface area contributed by atoms with Crippen molar-refractivity contribution in [2.24, 2.45) is 15.9 Å². The van der Waals surface area contributed by atoms with Crippen LogP contribution >= 0.6 is 0 Å². The molecule has 118 valence electrons. The van der Waals surface area contributed by atoms with Gasteiger partial charge in [0.05, 0.1) is 0 Å². The number of hydrogen-bond acceptors (Lipinski definition) is 4. The first-order valence-electron chi connectivity index (χ1n) is 7.44. The van der Waals surface area contributed by atoms with Gasteiger partial charge in [0.15, 0.2) is 0 Å². The lowest BCUT2D eigenvalue weighted by Gasteiger charge is -2.18. The standard InChI is InChI=1S/C16H27N3O2/c1-7-12(3)9-13(10-14(11-17)18-8-2)19-15(20)21-16(4,5)6/h12H,7-10H2,1-6H3. The average Bonchev–Trinajstić information content (AvgIpc) is 2.35. The number of nitriles is 1. The Bertz CT molecular complexity index is 439. The van der Waals surface area contributed by atoms with Crippen LogP contribution in [0.15, 0.2) is 9.98 Å². The molecule has 0 heterocycles. The lowest BCUT2D eigenvalue weighted by molar-refractivity contribution is 0.0603. The molecule has 0 saturated carbocycles. The highest BCUT2D eigenvalue weighted by atomic mass is 16.6. The number of carbonyl (C=O) groups excluding carboxylic acids is 1. The summed E-state index contributed by atoms with van der Waals surface area (Å²) in [5.41, 5.74) is 0.493.